The Labute approximate surface area is 114 Å². The molecule has 0 spiro atoms. The van der Waals surface area contributed by atoms with Crippen molar-refractivity contribution < 1.29 is 17.9 Å². The topological polar surface area (TPSA) is 56.1 Å². The molecule has 0 aliphatic heterocycles. The van der Waals surface area contributed by atoms with Crippen molar-refractivity contribution >= 4 is 5.82 Å². The normalized spacial score (nSPS) is 12.5. The van der Waals surface area contributed by atoms with Gasteiger partial charge in [0, 0.05) is 24.5 Å². The Balaban J connectivity index is 2.56. The largest absolute Gasteiger partial charge is 0.411 e. The molecule has 114 valence electrons. The Morgan fingerprint density at radius 2 is 2.00 bits per heavy atom. The van der Waals surface area contributed by atoms with Crippen molar-refractivity contribution in [2.24, 2.45) is 0 Å². The van der Waals surface area contributed by atoms with Crippen molar-refractivity contribution in [3.8, 4) is 0 Å². The van der Waals surface area contributed by atoms with Crippen molar-refractivity contribution in [1.29, 1.82) is 0 Å². The molecule has 0 bridgehead atoms. The van der Waals surface area contributed by atoms with Gasteiger partial charge in [0.2, 0.25) is 0 Å². The number of anilines is 1. The van der Waals surface area contributed by atoms with E-state index in [1.807, 2.05) is 20.8 Å². The van der Waals surface area contributed by atoms with E-state index in [9.17, 15) is 18.0 Å². The van der Waals surface area contributed by atoms with Crippen LogP contribution in [0.1, 0.15) is 20.8 Å². The summed E-state index contributed by atoms with van der Waals surface area (Å²) in [5.41, 5.74) is -0.723. The fourth-order valence-electron chi connectivity index (χ4n) is 1.49. The molecule has 0 saturated heterocycles. The Kier molecular flexibility index (Phi) is 5.15. The zero-order valence-corrected chi connectivity index (χ0v) is 11.6. The fraction of sp³-hybridized carbons (Fsp3) is 0.667. The molecule has 1 aromatic heterocycles. The van der Waals surface area contributed by atoms with Gasteiger partial charge in [0.15, 0.2) is 5.82 Å². The van der Waals surface area contributed by atoms with Gasteiger partial charge >= 0.3 is 6.18 Å². The Hall–Kier alpha value is -1.57. The first-order chi connectivity index (χ1) is 9.11. The smallest absolute Gasteiger partial charge is 0.370 e. The van der Waals surface area contributed by atoms with Gasteiger partial charge in [-0.25, -0.2) is 4.98 Å². The van der Waals surface area contributed by atoms with Crippen molar-refractivity contribution in [3.63, 3.8) is 0 Å². The number of rotatable bonds is 5. The third-order valence-electron chi connectivity index (χ3n) is 2.37. The zero-order valence-electron chi connectivity index (χ0n) is 11.6. The molecule has 0 saturated carbocycles. The molecule has 0 atom stereocenters. The number of nitrogens with one attached hydrogen (secondary N) is 1. The van der Waals surface area contributed by atoms with Crippen LogP contribution in [0.4, 0.5) is 19.0 Å². The number of hydrogen-bond donors (Lipinski definition) is 1. The number of nitrogens with zero attached hydrogens (tertiary/aromatic N) is 2. The molecule has 20 heavy (non-hydrogen) atoms. The lowest BCUT2D eigenvalue weighted by atomic mass is 10.1. The molecule has 5 nitrogen and oxygen atoms in total. The summed E-state index contributed by atoms with van der Waals surface area (Å²) in [6.07, 6.45) is -1.32. The first-order valence-electron chi connectivity index (χ1n) is 6.08. The van der Waals surface area contributed by atoms with Gasteiger partial charge in [0.25, 0.3) is 5.56 Å². The first kappa shape index (κ1) is 16.5. The van der Waals surface area contributed by atoms with Crippen molar-refractivity contribution in [2.45, 2.75) is 32.5 Å². The molecule has 8 heteroatoms. The van der Waals surface area contributed by atoms with Crippen LogP contribution in [0, 0.1) is 0 Å². The number of hydrogen-bond acceptors (Lipinski definition) is 4. The second-order valence-electron chi connectivity index (χ2n) is 5.22. The SMILES string of the molecule is CC(C)(C)n1ccnc(NCCOCC(F)(F)F)c1=O. The fourth-order valence-corrected chi connectivity index (χ4v) is 1.49. The van der Waals surface area contributed by atoms with E-state index in [0.29, 0.717) is 0 Å². The summed E-state index contributed by atoms with van der Waals surface area (Å²) >= 11 is 0. The number of ether oxygens (including phenoxy) is 1. The molecule has 1 aromatic rings. The minimum Gasteiger partial charge on any atom is -0.370 e. The van der Waals surface area contributed by atoms with Crippen LogP contribution in [-0.2, 0) is 10.3 Å². The standard InChI is InChI=1S/C12H18F3N3O2/c1-11(2,3)18-6-4-16-9(10(18)19)17-5-7-20-8-12(13,14)15/h4,6H,5,7-8H2,1-3H3,(H,16,17). The van der Waals surface area contributed by atoms with Gasteiger partial charge in [-0.15, -0.1) is 0 Å². The second kappa shape index (κ2) is 6.25. The van der Waals surface area contributed by atoms with E-state index < -0.39 is 18.3 Å². The third kappa shape index (κ3) is 5.20. The average molecular weight is 293 g/mol. The lowest BCUT2D eigenvalue weighted by Crippen LogP contribution is -2.35. The maximum absolute atomic E-state index is 12.1. The second-order valence-corrected chi connectivity index (χ2v) is 5.22. The highest BCUT2D eigenvalue weighted by Gasteiger charge is 2.27. The van der Waals surface area contributed by atoms with E-state index in [0.717, 1.165) is 0 Å². The minimum atomic E-state index is -4.34. The monoisotopic (exact) mass is 293 g/mol. The highest BCUT2D eigenvalue weighted by Crippen LogP contribution is 2.14. The molecule has 0 unspecified atom stereocenters. The van der Waals surface area contributed by atoms with Crippen LogP contribution in [0.3, 0.4) is 0 Å². The van der Waals surface area contributed by atoms with Crippen LogP contribution in [0.15, 0.2) is 17.2 Å². The zero-order chi connectivity index (χ0) is 15.4. The highest BCUT2D eigenvalue weighted by molar-refractivity contribution is 5.30. The van der Waals surface area contributed by atoms with Crippen LogP contribution in [0.5, 0.6) is 0 Å². The lowest BCUT2D eigenvalue weighted by molar-refractivity contribution is -0.172. The summed E-state index contributed by atoms with van der Waals surface area (Å²) in [6.45, 7) is 4.21. The predicted octanol–water partition coefficient (Wildman–Crippen LogP) is 1.99. The van der Waals surface area contributed by atoms with Gasteiger partial charge in [-0.05, 0) is 20.8 Å². The minimum absolute atomic E-state index is 0.0759. The summed E-state index contributed by atoms with van der Waals surface area (Å²) in [5, 5.41) is 2.67. The van der Waals surface area contributed by atoms with Gasteiger partial charge in [-0.3, -0.25) is 4.79 Å². The van der Waals surface area contributed by atoms with E-state index in [-0.39, 0.29) is 24.5 Å². The van der Waals surface area contributed by atoms with Crippen molar-refractivity contribution in [3.05, 3.63) is 22.7 Å². The average Bonchev–Trinajstić information content (AvgIpc) is 2.27. The maximum Gasteiger partial charge on any atom is 0.411 e. The number of alkyl halides is 3. The van der Waals surface area contributed by atoms with Gasteiger partial charge in [0.05, 0.1) is 6.61 Å². The van der Waals surface area contributed by atoms with E-state index >= 15 is 0 Å². The summed E-state index contributed by atoms with van der Waals surface area (Å²) in [4.78, 5) is 15.9. The van der Waals surface area contributed by atoms with Crippen LogP contribution in [0.2, 0.25) is 0 Å². The molecule has 0 radical (unpaired) electrons. The quantitative estimate of drug-likeness (QED) is 0.844. The molecule has 1 heterocycles. The van der Waals surface area contributed by atoms with Crippen LogP contribution in [0.25, 0.3) is 0 Å². The van der Waals surface area contributed by atoms with Crippen molar-refractivity contribution in [1.82, 2.24) is 9.55 Å². The predicted molar refractivity (Wildman–Crippen MR) is 68.9 cm³/mol. The molecular formula is C12H18F3N3O2. The maximum atomic E-state index is 12.1. The highest BCUT2D eigenvalue weighted by atomic mass is 19.4. The number of aromatic nitrogens is 2. The van der Waals surface area contributed by atoms with E-state index in [4.69, 9.17) is 0 Å². The van der Waals surface area contributed by atoms with Crippen LogP contribution in [-0.4, -0.2) is 35.5 Å². The van der Waals surface area contributed by atoms with Crippen molar-refractivity contribution in [2.75, 3.05) is 25.1 Å². The third-order valence-corrected chi connectivity index (χ3v) is 2.37. The molecule has 0 aliphatic rings. The van der Waals surface area contributed by atoms with E-state index in [1.54, 1.807) is 6.20 Å². The van der Waals surface area contributed by atoms with Gasteiger partial charge in [-0.2, -0.15) is 13.2 Å². The van der Waals surface area contributed by atoms with Crippen LogP contribution < -0.4 is 10.9 Å². The van der Waals surface area contributed by atoms with E-state index in [1.165, 1.54) is 10.8 Å². The summed E-state index contributed by atoms with van der Waals surface area (Å²) < 4.78 is 41.5. The molecule has 0 amide bonds. The molecular weight excluding hydrogens is 275 g/mol. The first-order valence-corrected chi connectivity index (χ1v) is 6.08. The van der Waals surface area contributed by atoms with Crippen LogP contribution >= 0.6 is 0 Å². The summed E-state index contributed by atoms with van der Waals surface area (Å²) in [7, 11) is 0. The Morgan fingerprint density at radius 1 is 1.35 bits per heavy atom. The summed E-state index contributed by atoms with van der Waals surface area (Å²) in [5.74, 6) is 0.0954. The molecule has 0 aliphatic carbocycles. The van der Waals surface area contributed by atoms with Gasteiger partial charge < -0.3 is 14.6 Å². The summed E-state index contributed by atoms with van der Waals surface area (Å²) in [6, 6.07) is 0. The van der Waals surface area contributed by atoms with Gasteiger partial charge in [0.1, 0.15) is 6.61 Å². The molecule has 0 fully saturated rings. The lowest BCUT2D eigenvalue weighted by Gasteiger charge is -2.22. The van der Waals surface area contributed by atoms with E-state index in [2.05, 4.69) is 15.0 Å². The molecule has 0 aromatic carbocycles. The molecule has 1 N–H and O–H groups in total. The Bertz CT molecular complexity index is 492. The van der Waals surface area contributed by atoms with Gasteiger partial charge in [-0.1, -0.05) is 0 Å². The Morgan fingerprint density at radius 3 is 2.55 bits per heavy atom. The number of halogens is 3. The molecule has 1 rings (SSSR count).